The van der Waals surface area contributed by atoms with Crippen LogP contribution >= 0.6 is 0 Å². The van der Waals surface area contributed by atoms with Crippen molar-refractivity contribution in [3.63, 3.8) is 0 Å². The highest BCUT2D eigenvalue weighted by Gasteiger charge is 2.32. The molecule has 3 aromatic rings. The molecule has 1 aliphatic heterocycles. The van der Waals surface area contributed by atoms with Gasteiger partial charge in [0.15, 0.2) is 0 Å². The van der Waals surface area contributed by atoms with Gasteiger partial charge in [-0.05, 0) is 79.1 Å². The number of hydrogen-bond donors (Lipinski definition) is 3. The SMILES string of the molecule is Cc1ccc(C[C@@H]2C[C@H](O)CN2C[C@@H](O)CO[C@H](C)c2ccccc2-c2ccc(C(=O)O)c(C)c2)cc1F. The summed E-state index contributed by atoms with van der Waals surface area (Å²) >= 11 is 0. The molecule has 6 nitrogen and oxygen atoms in total. The summed E-state index contributed by atoms with van der Waals surface area (Å²) in [6, 6.07) is 18.3. The van der Waals surface area contributed by atoms with Crippen LogP contribution in [0.2, 0.25) is 0 Å². The molecule has 1 saturated heterocycles. The van der Waals surface area contributed by atoms with E-state index in [0.29, 0.717) is 37.1 Å². The molecule has 1 heterocycles. The molecule has 3 N–H and O–H groups in total. The van der Waals surface area contributed by atoms with E-state index in [1.807, 2.05) is 43.3 Å². The molecule has 0 saturated carbocycles. The normalized spacial score (nSPS) is 19.4. The first kappa shape index (κ1) is 27.9. The number of aliphatic hydroxyl groups is 2. The highest BCUT2D eigenvalue weighted by atomic mass is 19.1. The molecule has 1 fully saturated rings. The zero-order chi connectivity index (χ0) is 27.4. The summed E-state index contributed by atoms with van der Waals surface area (Å²) in [6.07, 6.45) is -0.371. The Hall–Kier alpha value is -3.10. The average Bonchev–Trinajstić information content (AvgIpc) is 3.22. The molecule has 3 aromatic carbocycles. The van der Waals surface area contributed by atoms with Gasteiger partial charge in [-0.2, -0.15) is 0 Å². The maximum absolute atomic E-state index is 14.0. The van der Waals surface area contributed by atoms with E-state index in [4.69, 9.17) is 4.74 Å². The van der Waals surface area contributed by atoms with Gasteiger partial charge in [-0.3, -0.25) is 4.90 Å². The van der Waals surface area contributed by atoms with Gasteiger partial charge in [0.2, 0.25) is 0 Å². The number of β-amino-alcohol motifs (C(OH)–C–C–N with tert-alkyl or cyclic N) is 2. The number of nitrogens with zero attached hydrogens (tertiary/aromatic N) is 1. The third-order valence-electron chi connectivity index (χ3n) is 7.36. The fraction of sp³-hybridized carbons (Fsp3) is 0.387. The summed E-state index contributed by atoms with van der Waals surface area (Å²) in [5.74, 6) is -1.19. The minimum Gasteiger partial charge on any atom is -0.478 e. The number of halogens is 1. The van der Waals surface area contributed by atoms with E-state index in [-0.39, 0.29) is 30.1 Å². The molecule has 0 radical (unpaired) electrons. The van der Waals surface area contributed by atoms with Gasteiger partial charge in [0.1, 0.15) is 5.82 Å². The molecule has 0 spiro atoms. The summed E-state index contributed by atoms with van der Waals surface area (Å²) in [5.41, 5.74) is 5.23. The first-order valence-corrected chi connectivity index (χ1v) is 13.0. The molecule has 0 bridgehead atoms. The zero-order valence-corrected chi connectivity index (χ0v) is 22.1. The number of ether oxygens (including phenoxy) is 1. The molecule has 1 aliphatic rings. The van der Waals surface area contributed by atoms with E-state index >= 15 is 0 Å². The fourth-order valence-corrected chi connectivity index (χ4v) is 5.28. The Morgan fingerprint density at radius 2 is 1.87 bits per heavy atom. The summed E-state index contributed by atoms with van der Waals surface area (Å²) in [5, 5.41) is 30.4. The molecule has 0 aliphatic carbocycles. The Morgan fingerprint density at radius 3 is 2.58 bits per heavy atom. The van der Waals surface area contributed by atoms with Gasteiger partial charge < -0.3 is 20.1 Å². The predicted octanol–water partition coefficient (Wildman–Crippen LogP) is 4.92. The zero-order valence-electron chi connectivity index (χ0n) is 22.1. The number of rotatable bonds is 10. The molecule has 0 aromatic heterocycles. The van der Waals surface area contributed by atoms with Crippen LogP contribution in [-0.2, 0) is 11.2 Å². The monoisotopic (exact) mass is 521 g/mol. The second-order valence-corrected chi connectivity index (χ2v) is 10.3. The van der Waals surface area contributed by atoms with E-state index in [0.717, 1.165) is 22.3 Å². The van der Waals surface area contributed by atoms with Crippen molar-refractivity contribution < 1.29 is 29.2 Å². The first-order chi connectivity index (χ1) is 18.1. The van der Waals surface area contributed by atoms with E-state index in [1.165, 1.54) is 0 Å². The Kier molecular flexibility index (Phi) is 8.95. The number of carboxylic acids is 1. The molecule has 7 heteroatoms. The van der Waals surface area contributed by atoms with Gasteiger partial charge in [0.25, 0.3) is 0 Å². The minimum atomic E-state index is -0.952. The van der Waals surface area contributed by atoms with Crippen molar-refractivity contribution >= 4 is 5.97 Å². The molecule has 4 rings (SSSR count). The highest BCUT2D eigenvalue weighted by Crippen LogP contribution is 2.31. The molecule has 0 amide bonds. The van der Waals surface area contributed by atoms with Crippen LogP contribution in [0.4, 0.5) is 4.39 Å². The number of aryl methyl sites for hydroxylation is 2. The Morgan fingerprint density at radius 1 is 1.11 bits per heavy atom. The third kappa shape index (κ3) is 6.66. The molecular formula is C31H36FNO5. The van der Waals surface area contributed by atoms with Gasteiger partial charge >= 0.3 is 5.97 Å². The number of carbonyl (C=O) groups is 1. The summed E-state index contributed by atoms with van der Waals surface area (Å²) in [4.78, 5) is 13.5. The van der Waals surface area contributed by atoms with E-state index in [9.17, 15) is 24.5 Å². The van der Waals surface area contributed by atoms with E-state index in [2.05, 4.69) is 4.90 Å². The Labute approximate surface area is 223 Å². The second kappa shape index (κ2) is 12.2. The summed E-state index contributed by atoms with van der Waals surface area (Å²) < 4.78 is 20.1. The lowest BCUT2D eigenvalue weighted by Gasteiger charge is -2.27. The quantitative estimate of drug-likeness (QED) is 0.351. The van der Waals surface area contributed by atoms with Gasteiger partial charge in [-0.25, -0.2) is 9.18 Å². The molecule has 0 unspecified atom stereocenters. The largest absolute Gasteiger partial charge is 0.478 e. The van der Waals surface area contributed by atoms with Crippen molar-refractivity contribution in [3.05, 3.63) is 94.3 Å². The number of benzene rings is 3. The topological polar surface area (TPSA) is 90.2 Å². The molecule has 202 valence electrons. The van der Waals surface area contributed by atoms with E-state index in [1.54, 1.807) is 38.1 Å². The standard InChI is InChI=1S/C31H36FNO5/c1-19-8-9-22(14-30(19)32)13-24-15-25(34)16-33(24)17-26(35)18-38-21(3)28-6-4-5-7-29(28)23-10-11-27(31(36)37)20(2)12-23/h4-12,14,21,24-26,34-35H,13,15-18H2,1-3H3,(H,36,37)/t21-,24-,25+,26-/m1/s1. The predicted molar refractivity (Wildman–Crippen MR) is 145 cm³/mol. The minimum absolute atomic E-state index is 0.0110. The van der Waals surface area contributed by atoms with Crippen LogP contribution in [-0.4, -0.2) is 64.1 Å². The molecule has 4 atom stereocenters. The van der Waals surface area contributed by atoms with Gasteiger partial charge in [-0.15, -0.1) is 0 Å². The van der Waals surface area contributed by atoms with Crippen LogP contribution in [0.3, 0.4) is 0 Å². The lowest BCUT2D eigenvalue weighted by atomic mass is 9.94. The maximum Gasteiger partial charge on any atom is 0.335 e. The first-order valence-electron chi connectivity index (χ1n) is 13.0. The smallest absolute Gasteiger partial charge is 0.335 e. The van der Waals surface area contributed by atoms with Crippen molar-refractivity contribution in [1.29, 1.82) is 0 Å². The third-order valence-corrected chi connectivity index (χ3v) is 7.36. The highest BCUT2D eigenvalue weighted by molar-refractivity contribution is 5.90. The number of hydrogen-bond acceptors (Lipinski definition) is 5. The van der Waals surface area contributed by atoms with Crippen LogP contribution in [0.25, 0.3) is 11.1 Å². The van der Waals surface area contributed by atoms with Crippen LogP contribution < -0.4 is 0 Å². The summed E-state index contributed by atoms with van der Waals surface area (Å²) in [7, 11) is 0. The van der Waals surface area contributed by atoms with Gasteiger partial charge in [-0.1, -0.05) is 48.5 Å². The van der Waals surface area contributed by atoms with Crippen LogP contribution in [0.1, 0.15) is 52.1 Å². The number of aromatic carboxylic acids is 1. The van der Waals surface area contributed by atoms with Crippen molar-refractivity contribution in [2.75, 3.05) is 19.7 Å². The van der Waals surface area contributed by atoms with Crippen molar-refractivity contribution in [2.24, 2.45) is 0 Å². The summed E-state index contributed by atoms with van der Waals surface area (Å²) in [6.45, 7) is 6.37. The molecular weight excluding hydrogens is 485 g/mol. The number of aliphatic hydroxyl groups excluding tert-OH is 2. The lowest BCUT2D eigenvalue weighted by Crippen LogP contribution is -2.39. The Bertz CT molecular complexity index is 1280. The lowest BCUT2D eigenvalue weighted by molar-refractivity contribution is -0.0177. The number of carboxylic acid groups (broad SMARTS) is 1. The van der Waals surface area contributed by atoms with Gasteiger partial charge in [0.05, 0.1) is 30.5 Å². The van der Waals surface area contributed by atoms with Crippen molar-refractivity contribution in [2.45, 2.75) is 58.0 Å². The maximum atomic E-state index is 14.0. The van der Waals surface area contributed by atoms with Crippen LogP contribution in [0.15, 0.2) is 60.7 Å². The van der Waals surface area contributed by atoms with Crippen LogP contribution in [0, 0.1) is 19.7 Å². The average molecular weight is 522 g/mol. The fourth-order valence-electron chi connectivity index (χ4n) is 5.28. The second-order valence-electron chi connectivity index (χ2n) is 10.3. The van der Waals surface area contributed by atoms with Crippen molar-refractivity contribution in [1.82, 2.24) is 4.90 Å². The number of likely N-dealkylation sites (tertiary alicyclic amines) is 1. The Balaban J connectivity index is 1.38. The van der Waals surface area contributed by atoms with Crippen molar-refractivity contribution in [3.8, 4) is 11.1 Å². The van der Waals surface area contributed by atoms with E-state index < -0.39 is 18.2 Å². The van der Waals surface area contributed by atoms with Crippen LogP contribution in [0.5, 0.6) is 0 Å². The molecule has 38 heavy (non-hydrogen) atoms. The van der Waals surface area contributed by atoms with Gasteiger partial charge in [0, 0.05) is 19.1 Å².